The van der Waals surface area contributed by atoms with Crippen molar-refractivity contribution in [3.8, 4) is 0 Å². The van der Waals surface area contributed by atoms with Gasteiger partial charge in [0.05, 0.1) is 12.2 Å². The fourth-order valence-electron chi connectivity index (χ4n) is 3.47. The summed E-state index contributed by atoms with van der Waals surface area (Å²) in [4.78, 5) is 0. The average molecular weight is 340 g/mol. The summed E-state index contributed by atoms with van der Waals surface area (Å²) in [5.74, 6) is 1.18. The quantitative estimate of drug-likeness (QED) is 0.874. The molecule has 0 aromatic heterocycles. The number of benzene rings is 1. The second kappa shape index (κ2) is 7.06. The molecule has 1 aliphatic heterocycles. The van der Waals surface area contributed by atoms with Gasteiger partial charge in [0.2, 0.25) is 0 Å². The maximum atomic E-state index is 6.02. The Morgan fingerprint density at radius 2 is 1.80 bits per heavy atom. The molecule has 5 unspecified atom stereocenters. The Labute approximate surface area is 131 Å². The second-order valence-electron chi connectivity index (χ2n) is 5.98. The van der Waals surface area contributed by atoms with Crippen LogP contribution in [0.25, 0.3) is 0 Å². The summed E-state index contributed by atoms with van der Waals surface area (Å²) in [6, 6.07) is 9.15. The minimum Gasteiger partial charge on any atom is -0.375 e. The van der Waals surface area contributed by atoms with Crippen molar-refractivity contribution in [1.82, 2.24) is 5.32 Å². The summed E-state index contributed by atoms with van der Waals surface area (Å²) in [5, 5.41) is 3.68. The Morgan fingerprint density at radius 3 is 2.30 bits per heavy atom. The summed E-state index contributed by atoms with van der Waals surface area (Å²) < 4.78 is 7.16. The Morgan fingerprint density at radius 1 is 1.15 bits per heavy atom. The molecule has 5 atom stereocenters. The third kappa shape index (κ3) is 3.63. The van der Waals surface area contributed by atoms with E-state index in [1.165, 1.54) is 5.56 Å². The summed E-state index contributed by atoms with van der Waals surface area (Å²) in [6.45, 7) is 9.93. The van der Waals surface area contributed by atoms with Crippen LogP contribution in [0.15, 0.2) is 28.7 Å². The second-order valence-corrected chi connectivity index (χ2v) is 6.89. The van der Waals surface area contributed by atoms with Crippen LogP contribution in [0.1, 0.15) is 33.3 Å². The molecule has 1 aromatic carbocycles. The highest BCUT2D eigenvalue weighted by atomic mass is 79.9. The van der Waals surface area contributed by atoms with Crippen LogP contribution in [0.5, 0.6) is 0 Å². The molecular weight excluding hydrogens is 314 g/mol. The molecule has 1 fully saturated rings. The van der Waals surface area contributed by atoms with E-state index in [2.05, 4.69) is 73.2 Å². The SMILES string of the molecule is CCNC(Cc1ccc(Br)cc1)C1C(C)OC(C)C1C. The van der Waals surface area contributed by atoms with Gasteiger partial charge >= 0.3 is 0 Å². The van der Waals surface area contributed by atoms with Crippen molar-refractivity contribution in [2.24, 2.45) is 11.8 Å². The van der Waals surface area contributed by atoms with Gasteiger partial charge in [0, 0.05) is 16.4 Å². The Kier molecular flexibility index (Phi) is 5.65. The first-order chi connectivity index (χ1) is 9.52. The van der Waals surface area contributed by atoms with Gasteiger partial charge in [0.25, 0.3) is 0 Å². The molecule has 0 radical (unpaired) electrons. The summed E-state index contributed by atoms with van der Waals surface area (Å²) in [6.07, 6.45) is 1.76. The number of likely N-dealkylation sites (N-methyl/N-ethyl adjacent to an activating group) is 1. The van der Waals surface area contributed by atoms with E-state index in [-0.39, 0.29) is 0 Å². The number of nitrogens with one attached hydrogen (secondary N) is 1. The molecule has 1 aliphatic rings. The molecule has 0 spiro atoms. The van der Waals surface area contributed by atoms with Crippen molar-refractivity contribution in [1.29, 1.82) is 0 Å². The molecule has 112 valence electrons. The molecule has 1 aromatic rings. The predicted molar refractivity (Wildman–Crippen MR) is 88.0 cm³/mol. The van der Waals surface area contributed by atoms with E-state index in [0.717, 1.165) is 17.4 Å². The Hall–Kier alpha value is -0.380. The number of ether oxygens (including phenoxy) is 1. The highest BCUT2D eigenvalue weighted by Gasteiger charge is 2.41. The molecular formula is C17H26BrNO. The maximum absolute atomic E-state index is 6.02. The van der Waals surface area contributed by atoms with Gasteiger partial charge in [-0.3, -0.25) is 0 Å². The molecule has 3 heteroatoms. The molecule has 1 N–H and O–H groups in total. The van der Waals surface area contributed by atoms with Crippen LogP contribution >= 0.6 is 15.9 Å². The van der Waals surface area contributed by atoms with Crippen molar-refractivity contribution < 1.29 is 4.74 Å². The smallest absolute Gasteiger partial charge is 0.0597 e. The zero-order valence-corrected chi connectivity index (χ0v) is 14.5. The van der Waals surface area contributed by atoms with Crippen LogP contribution in [0.2, 0.25) is 0 Å². The molecule has 0 aliphatic carbocycles. The van der Waals surface area contributed by atoms with E-state index in [1.54, 1.807) is 0 Å². The minimum absolute atomic E-state index is 0.333. The molecule has 1 saturated heterocycles. The summed E-state index contributed by atoms with van der Waals surface area (Å²) in [5.41, 5.74) is 1.39. The molecule has 0 amide bonds. The van der Waals surface area contributed by atoms with Gasteiger partial charge in [0.15, 0.2) is 0 Å². The van der Waals surface area contributed by atoms with Crippen molar-refractivity contribution in [2.75, 3.05) is 6.54 Å². The van der Waals surface area contributed by atoms with E-state index in [0.29, 0.717) is 30.1 Å². The van der Waals surface area contributed by atoms with E-state index < -0.39 is 0 Å². The number of hydrogen-bond acceptors (Lipinski definition) is 2. The van der Waals surface area contributed by atoms with E-state index >= 15 is 0 Å². The normalized spacial score (nSPS) is 31.4. The monoisotopic (exact) mass is 339 g/mol. The third-order valence-corrected chi connectivity index (χ3v) is 5.15. The first-order valence-electron chi connectivity index (χ1n) is 7.66. The zero-order chi connectivity index (χ0) is 14.7. The fraction of sp³-hybridized carbons (Fsp3) is 0.647. The number of rotatable bonds is 5. The first-order valence-corrected chi connectivity index (χ1v) is 8.45. The van der Waals surface area contributed by atoms with Gasteiger partial charge in [-0.05, 0) is 50.4 Å². The maximum Gasteiger partial charge on any atom is 0.0597 e. The van der Waals surface area contributed by atoms with Gasteiger partial charge in [-0.25, -0.2) is 0 Å². The molecule has 20 heavy (non-hydrogen) atoms. The predicted octanol–water partition coefficient (Wildman–Crippen LogP) is 4.03. The average Bonchev–Trinajstić information content (AvgIpc) is 2.66. The minimum atomic E-state index is 0.333. The van der Waals surface area contributed by atoms with Crippen molar-refractivity contribution >= 4 is 15.9 Å². The van der Waals surface area contributed by atoms with E-state index in [9.17, 15) is 0 Å². The van der Waals surface area contributed by atoms with Crippen molar-refractivity contribution in [2.45, 2.75) is 52.4 Å². The Balaban J connectivity index is 2.12. The molecule has 0 saturated carbocycles. The third-order valence-electron chi connectivity index (χ3n) is 4.62. The number of hydrogen-bond donors (Lipinski definition) is 1. The zero-order valence-electron chi connectivity index (χ0n) is 12.9. The molecule has 2 nitrogen and oxygen atoms in total. The van der Waals surface area contributed by atoms with E-state index in [1.807, 2.05) is 0 Å². The van der Waals surface area contributed by atoms with Gasteiger partial charge in [0.1, 0.15) is 0 Å². The molecule has 2 rings (SSSR count). The van der Waals surface area contributed by atoms with Crippen LogP contribution in [0.3, 0.4) is 0 Å². The topological polar surface area (TPSA) is 21.3 Å². The largest absolute Gasteiger partial charge is 0.375 e. The highest BCUT2D eigenvalue weighted by molar-refractivity contribution is 9.10. The number of halogens is 1. The molecule has 0 bridgehead atoms. The lowest BCUT2D eigenvalue weighted by Gasteiger charge is -2.30. The van der Waals surface area contributed by atoms with Crippen molar-refractivity contribution in [3.63, 3.8) is 0 Å². The van der Waals surface area contributed by atoms with Crippen LogP contribution < -0.4 is 5.32 Å². The highest BCUT2D eigenvalue weighted by Crippen LogP contribution is 2.35. The lowest BCUT2D eigenvalue weighted by atomic mass is 9.81. The van der Waals surface area contributed by atoms with E-state index in [4.69, 9.17) is 4.74 Å². The van der Waals surface area contributed by atoms with Crippen LogP contribution in [-0.2, 0) is 11.2 Å². The van der Waals surface area contributed by atoms with Gasteiger partial charge in [-0.2, -0.15) is 0 Å². The standard InChI is InChI=1S/C17H26BrNO/c1-5-19-16(10-14-6-8-15(18)9-7-14)17-11(2)12(3)20-13(17)4/h6-9,11-13,16-17,19H,5,10H2,1-4H3. The summed E-state index contributed by atoms with van der Waals surface area (Å²) >= 11 is 3.50. The Bertz CT molecular complexity index is 420. The van der Waals surface area contributed by atoms with Gasteiger partial charge in [-0.15, -0.1) is 0 Å². The summed E-state index contributed by atoms with van der Waals surface area (Å²) in [7, 11) is 0. The lowest BCUT2D eigenvalue weighted by molar-refractivity contribution is 0.0476. The van der Waals surface area contributed by atoms with Crippen LogP contribution in [0, 0.1) is 11.8 Å². The first kappa shape index (κ1) is 16.0. The van der Waals surface area contributed by atoms with Crippen LogP contribution in [-0.4, -0.2) is 24.8 Å². The molecule has 1 heterocycles. The van der Waals surface area contributed by atoms with Gasteiger partial charge < -0.3 is 10.1 Å². The van der Waals surface area contributed by atoms with Crippen LogP contribution in [0.4, 0.5) is 0 Å². The lowest BCUT2D eigenvalue weighted by Crippen LogP contribution is -2.43. The van der Waals surface area contributed by atoms with Crippen molar-refractivity contribution in [3.05, 3.63) is 34.3 Å². The fourth-order valence-corrected chi connectivity index (χ4v) is 3.73. The van der Waals surface area contributed by atoms with Gasteiger partial charge in [-0.1, -0.05) is 41.9 Å².